The fourth-order valence-corrected chi connectivity index (χ4v) is 1.67. The molecule has 1 aromatic carbocycles. The first-order valence-electron chi connectivity index (χ1n) is 4.17. The first-order chi connectivity index (χ1) is 7.15. The molecule has 2 aromatic rings. The Kier molecular flexibility index (Phi) is 2.64. The Morgan fingerprint density at radius 1 is 1.33 bits per heavy atom. The van der Waals surface area contributed by atoms with Gasteiger partial charge in [0.05, 0.1) is 0 Å². The summed E-state index contributed by atoms with van der Waals surface area (Å²) in [6, 6.07) is 5.63. The second-order valence-corrected chi connectivity index (χ2v) is 3.86. The second kappa shape index (κ2) is 3.94. The van der Waals surface area contributed by atoms with E-state index >= 15 is 0 Å². The van der Waals surface area contributed by atoms with E-state index in [1.807, 2.05) is 0 Å². The lowest BCUT2D eigenvalue weighted by molar-refractivity contribution is 0.627. The standard InChI is InChI=1S/C10H6BrFN2O/c11-7-3-6(4-8(12)5-7)10-13-2-1-9(15)14-10/h1-5H,(H,13,14,15). The fourth-order valence-electron chi connectivity index (χ4n) is 1.21. The van der Waals surface area contributed by atoms with Crippen molar-refractivity contribution in [3.05, 3.63) is 51.1 Å². The molecule has 0 bridgehead atoms. The molecule has 0 aliphatic heterocycles. The van der Waals surface area contributed by atoms with Crippen LogP contribution in [0, 0.1) is 5.82 Å². The van der Waals surface area contributed by atoms with Crippen LogP contribution in [-0.4, -0.2) is 9.97 Å². The number of rotatable bonds is 1. The molecule has 1 aromatic heterocycles. The van der Waals surface area contributed by atoms with Crippen molar-refractivity contribution in [3.63, 3.8) is 0 Å². The van der Waals surface area contributed by atoms with Crippen LogP contribution in [0.5, 0.6) is 0 Å². The largest absolute Gasteiger partial charge is 0.307 e. The van der Waals surface area contributed by atoms with Crippen molar-refractivity contribution >= 4 is 15.9 Å². The van der Waals surface area contributed by atoms with Crippen molar-refractivity contribution in [3.8, 4) is 11.4 Å². The van der Waals surface area contributed by atoms with Gasteiger partial charge in [0.15, 0.2) is 0 Å². The van der Waals surface area contributed by atoms with Crippen LogP contribution in [0.25, 0.3) is 11.4 Å². The summed E-state index contributed by atoms with van der Waals surface area (Å²) in [5.41, 5.74) is 0.264. The number of nitrogens with zero attached hydrogens (tertiary/aromatic N) is 1. The Hall–Kier alpha value is -1.49. The van der Waals surface area contributed by atoms with E-state index in [0.29, 0.717) is 15.9 Å². The van der Waals surface area contributed by atoms with E-state index in [1.165, 1.54) is 24.4 Å². The Morgan fingerprint density at radius 2 is 2.13 bits per heavy atom. The van der Waals surface area contributed by atoms with Gasteiger partial charge in [0.1, 0.15) is 11.6 Å². The van der Waals surface area contributed by atoms with Crippen LogP contribution in [0.15, 0.2) is 39.7 Å². The lowest BCUT2D eigenvalue weighted by Crippen LogP contribution is -2.05. The van der Waals surface area contributed by atoms with Crippen molar-refractivity contribution in [1.29, 1.82) is 0 Å². The minimum absolute atomic E-state index is 0.264. The van der Waals surface area contributed by atoms with E-state index in [0.717, 1.165) is 0 Å². The summed E-state index contributed by atoms with van der Waals surface area (Å²) >= 11 is 3.17. The highest BCUT2D eigenvalue weighted by Gasteiger charge is 2.03. The number of nitrogens with one attached hydrogen (secondary N) is 1. The van der Waals surface area contributed by atoms with E-state index in [1.54, 1.807) is 6.07 Å². The van der Waals surface area contributed by atoms with Gasteiger partial charge in [0.25, 0.3) is 5.56 Å². The van der Waals surface area contributed by atoms with Gasteiger partial charge in [-0.05, 0) is 18.2 Å². The Labute approximate surface area is 93.1 Å². The molecule has 5 heteroatoms. The van der Waals surface area contributed by atoms with Crippen molar-refractivity contribution in [2.75, 3.05) is 0 Å². The van der Waals surface area contributed by atoms with Crippen LogP contribution in [0.3, 0.4) is 0 Å². The summed E-state index contributed by atoms with van der Waals surface area (Å²) in [5, 5.41) is 0. The zero-order chi connectivity index (χ0) is 10.8. The maximum Gasteiger partial charge on any atom is 0.251 e. The number of H-pyrrole nitrogens is 1. The van der Waals surface area contributed by atoms with Crippen molar-refractivity contribution in [2.45, 2.75) is 0 Å². The third kappa shape index (κ3) is 2.30. The zero-order valence-electron chi connectivity index (χ0n) is 7.50. The molecule has 0 aliphatic rings. The molecule has 0 aliphatic carbocycles. The highest BCUT2D eigenvalue weighted by molar-refractivity contribution is 9.10. The molecule has 0 spiro atoms. The van der Waals surface area contributed by atoms with Gasteiger partial charge in [-0.2, -0.15) is 0 Å². The summed E-state index contributed by atoms with van der Waals surface area (Å²) < 4.78 is 13.7. The van der Waals surface area contributed by atoms with Crippen molar-refractivity contribution < 1.29 is 4.39 Å². The minimum atomic E-state index is -0.383. The molecule has 3 nitrogen and oxygen atoms in total. The van der Waals surface area contributed by atoms with Crippen molar-refractivity contribution in [1.82, 2.24) is 9.97 Å². The molecule has 76 valence electrons. The van der Waals surface area contributed by atoms with Crippen LogP contribution in [0.1, 0.15) is 0 Å². The smallest absolute Gasteiger partial charge is 0.251 e. The SMILES string of the molecule is O=c1ccnc(-c2cc(F)cc(Br)c2)[nH]1. The predicted octanol–water partition coefficient (Wildman–Crippen LogP) is 2.34. The molecular formula is C10H6BrFN2O. The first-order valence-corrected chi connectivity index (χ1v) is 4.96. The van der Waals surface area contributed by atoms with Gasteiger partial charge in [-0.1, -0.05) is 15.9 Å². The number of aromatic nitrogens is 2. The summed E-state index contributed by atoms with van der Waals surface area (Å²) in [6.07, 6.45) is 1.38. The van der Waals surface area contributed by atoms with Gasteiger partial charge in [-0.3, -0.25) is 4.79 Å². The highest BCUT2D eigenvalue weighted by atomic mass is 79.9. The van der Waals surface area contributed by atoms with Gasteiger partial charge in [0, 0.05) is 22.3 Å². The van der Waals surface area contributed by atoms with Gasteiger partial charge >= 0.3 is 0 Å². The molecule has 0 fully saturated rings. The summed E-state index contributed by atoms with van der Waals surface area (Å²) in [5.74, 6) is -0.0337. The van der Waals surface area contributed by atoms with E-state index in [4.69, 9.17) is 0 Å². The maximum atomic E-state index is 13.1. The lowest BCUT2D eigenvalue weighted by atomic mass is 10.2. The maximum absolute atomic E-state index is 13.1. The second-order valence-electron chi connectivity index (χ2n) is 2.94. The molecule has 0 radical (unpaired) electrons. The van der Waals surface area contributed by atoms with Gasteiger partial charge in [0.2, 0.25) is 0 Å². The topological polar surface area (TPSA) is 45.8 Å². The molecule has 0 saturated carbocycles. The fraction of sp³-hybridized carbons (Fsp3) is 0. The number of halogens is 2. The van der Waals surface area contributed by atoms with Crippen molar-refractivity contribution in [2.24, 2.45) is 0 Å². The summed E-state index contributed by atoms with van der Waals surface area (Å²) in [4.78, 5) is 17.5. The molecule has 1 N–H and O–H groups in total. The summed E-state index contributed by atoms with van der Waals surface area (Å²) in [7, 11) is 0. The normalized spacial score (nSPS) is 10.3. The molecule has 2 rings (SSSR count). The van der Waals surface area contributed by atoms with Crippen LogP contribution in [0.4, 0.5) is 4.39 Å². The number of aromatic amines is 1. The minimum Gasteiger partial charge on any atom is -0.307 e. The third-order valence-electron chi connectivity index (χ3n) is 1.81. The molecule has 0 saturated heterocycles. The van der Waals surface area contributed by atoms with Gasteiger partial charge < -0.3 is 4.98 Å². The molecule has 0 atom stereocenters. The van der Waals surface area contributed by atoms with E-state index in [-0.39, 0.29) is 11.4 Å². The Balaban J connectivity index is 2.58. The first kappa shape index (κ1) is 10.0. The Morgan fingerprint density at radius 3 is 2.80 bits per heavy atom. The number of hydrogen-bond donors (Lipinski definition) is 1. The highest BCUT2D eigenvalue weighted by Crippen LogP contribution is 2.20. The molecule has 1 heterocycles. The average molecular weight is 269 g/mol. The number of benzene rings is 1. The van der Waals surface area contributed by atoms with Gasteiger partial charge in [-0.15, -0.1) is 0 Å². The number of hydrogen-bond acceptors (Lipinski definition) is 2. The van der Waals surface area contributed by atoms with Crippen LogP contribution < -0.4 is 5.56 Å². The Bertz CT molecular complexity index is 533. The van der Waals surface area contributed by atoms with Gasteiger partial charge in [-0.25, -0.2) is 9.37 Å². The molecular weight excluding hydrogens is 263 g/mol. The van der Waals surface area contributed by atoms with Crippen LogP contribution >= 0.6 is 15.9 Å². The van der Waals surface area contributed by atoms with Crippen LogP contribution in [0.2, 0.25) is 0 Å². The van der Waals surface area contributed by atoms with E-state index in [9.17, 15) is 9.18 Å². The monoisotopic (exact) mass is 268 g/mol. The average Bonchev–Trinajstić information content (AvgIpc) is 2.16. The quantitative estimate of drug-likeness (QED) is 0.863. The predicted molar refractivity (Wildman–Crippen MR) is 58.0 cm³/mol. The van der Waals surface area contributed by atoms with Crippen LogP contribution in [-0.2, 0) is 0 Å². The molecule has 0 unspecified atom stereocenters. The van der Waals surface area contributed by atoms with E-state index < -0.39 is 0 Å². The lowest BCUT2D eigenvalue weighted by Gasteiger charge is -2.01. The third-order valence-corrected chi connectivity index (χ3v) is 2.26. The van der Waals surface area contributed by atoms with E-state index in [2.05, 4.69) is 25.9 Å². The molecule has 15 heavy (non-hydrogen) atoms. The zero-order valence-corrected chi connectivity index (χ0v) is 9.08. The molecule has 0 amide bonds. The summed E-state index contributed by atoms with van der Waals surface area (Å²) in [6.45, 7) is 0.